The van der Waals surface area contributed by atoms with Crippen LogP contribution in [0.1, 0.15) is 27.9 Å². The number of ether oxygens (including phenoxy) is 2. The highest BCUT2D eigenvalue weighted by atomic mass is 32.1. The summed E-state index contributed by atoms with van der Waals surface area (Å²) in [5.74, 6) is 1.04. The van der Waals surface area contributed by atoms with Gasteiger partial charge in [-0.15, -0.1) is 0 Å². The second kappa shape index (κ2) is 9.45. The van der Waals surface area contributed by atoms with Crippen molar-refractivity contribution in [2.45, 2.75) is 20.3 Å². The van der Waals surface area contributed by atoms with Crippen LogP contribution in [0.25, 0.3) is 10.2 Å². The van der Waals surface area contributed by atoms with E-state index in [1.807, 2.05) is 14.1 Å². The number of rotatable bonds is 8. The maximum absolute atomic E-state index is 13.5. The summed E-state index contributed by atoms with van der Waals surface area (Å²) in [5.41, 5.74) is 3.83. The van der Waals surface area contributed by atoms with Gasteiger partial charge in [0.25, 0.3) is 5.91 Å². The Morgan fingerprint density at radius 2 is 1.77 bits per heavy atom. The molecule has 160 valence electrons. The van der Waals surface area contributed by atoms with Crippen molar-refractivity contribution in [3.8, 4) is 11.5 Å². The fourth-order valence-electron chi connectivity index (χ4n) is 3.43. The summed E-state index contributed by atoms with van der Waals surface area (Å²) in [7, 11) is 7.21. The topological polar surface area (TPSA) is 54.9 Å². The van der Waals surface area contributed by atoms with E-state index in [0.717, 1.165) is 28.3 Å². The third-order valence-corrected chi connectivity index (χ3v) is 6.13. The van der Waals surface area contributed by atoms with Gasteiger partial charge < -0.3 is 14.4 Å². The molecule has 6 nitrogen and oxygen atoms in total. The summed E-state index contributed by atoms with van der Waals surface area (Å²) in [6.45, 7) is 5.63. The van der Waals surface area contributed by atoms with Crippen LogP contribution in [0.2, 0.25) is 0 Å². The number of hydrogen-bond donors (Lipinski definition) is 0. The average Bonchev–Trinajstić information content (AvgIpc) is 3.14. The number of amides is 1. The van der Waals surface area contributed by atoms with Gasteiger partial charge in [-0.1, -0.05) is 17.4 Å². The first-order chi connectivity index (χ1) is 14.3. The SMILES string of the molecule is COc1ccc(C(=O)N(CCCN(C)C)c2nc3cc(C)cc(C)c3s2)cc1OC. The number of aromatic nitrogens is 1. The molecule has 0 aliphatic carbocycles. The Bertz CT molecular complexity index is 1050. The summed E-state index contributed by atoms with van der Waals surface area (Å²) in [6.07, 6.45) is 0.847. The van der Waals surface area contributed by atoms with Crippen LogP contribution in [-0.2, 0) is 0 Å². The number of hydrogen-bond acceptors (Lipinski definition) is 6. The van der Waals surface area contributed by atoms with Crippen molar-refractivity contribution in [3.63, 3.8) is 0 Å². The van der Waals surface area contributed by atoms with E-state index in [0.29, 0.717) is 23.6 Å². The Balaban J connectivity index is 2.00. The fourth-order valence-corrected chi connectivity index (χ4v) is 4.47. The normalized spacial score (nSPS) is 11.2. The average molecular weight is 428 g/mol. The van der Waals surface area contributed by atoms with E-state index in [4.69, 9.17) is 14.5 Å². The highest BCUT2D eigenvalue weighted by Gasteiger charge is 2.23. The smallest absolute Gasteiger partial charge is 0.260 e. The highest BCUT2D eigenvalue weighted by Crippen LogP contribution is 2.34. The van der Waals surface area contributed by atoms with Crippen LogP contribution in [0.3, 0.4) is 0 Å². The maximum atomic E-state index is 13.5. The molecule has 0 bridgehead atoms. The Labute approximate surface area is 182 Å². The largest absolute Gasteiger partial charge is 0.493 e. The number of carbonyl (C=O) groups is 1. The van der Waals surface area contributed by atoms with Gasteiger partial charge in [-0.05, 0) is 76.3 Å². The third-order valence-electron chi connectivity index (χ3n) is 4.90. The van der Waals surface area contributed by atoms with Crippen LogP contribution in [0.4, 0.5) is 5.13 Å². The van der Waals surface area contributed by atoms with E-state index in [1.165, 1.54) is 11.1 Å². The number of fused-ring (bicyclic) bond motifs is 1. The molecule has 7 heteroatoms. The van der Waals surface area contributed by atoms with Gasteiger partial charge in [-0.3, -0.25) is 9.69 Å². The van der Waals surface area contributed by atoms with Crippen molar-refractivity contribution < 1.29 is 14.3 Å². The predicted molar refractivity (Wildman–Crippen MR) is 123 cm³/mol. The fraction of sp³-hybridized carbons (Fsp3) is 0.391. The lowest BCUT2D eigenvalue weighted by atomic mass is 10.1. The molecule has 0 aliphatic rings. The molecule has 2 aromatic carbocycles. The number of carbonyl (C=O) groups excluding carboxylic acids is 1. The molecule has 0 fully saturated rings. The Morgan fingerprint density at radius 3 is 2.43 bits per heavy atom. The molecule has 30 heavy (non-hydrogen) atoms. The van der Waals surface area contributed by atoms with Gasteiger partial charge in [-0.25, -0.2) is 4.98 Å². The second-order valence-electron chi connectivity index (χ2n) is 7.61. The van der Waals surface area contributed by atoms with E-state index in [-0.39, 0.29) is 5.91 Å². The van der Waals surface area contributed by atoms with Crippen LogP contribution in [0.15, 0.2) is 30.3 Å². The summed E-state index contributed by atoms with van der Waals surface area (Å²) in [5, 5.41) is 0.720. The van der Waals surface area contributed by atoms with Crippen LogP contribution in [-0.4, -0.2) is 57.2 Å². The molecule has 1 heterocycles. The first-order valence-corrected chi connectivity index (χ1v) is 10.7. The quantitative estimate of drug-likeness (QED) is 0.529. The number of anilines is 1. The molecule has 0 spiro atoms. The molecule has 0 aliphatic heterocycles. The van der Waals surface area contributed by atoms with Crippen molar-refractivity contribution in [2.24, 2.45) is 0 Å². The minimum absolute atomic E-state index is 0.0943. The van der Waals surface area contributed by atoms with Gasteiger partial charge in [0, 0.05) is 12.1 Å². The number of aryl methyl sites for hydroxylation is 2. The maximum Gasteiger partial charge on any atom is 0.260 e. The molecule has 1 amide bonds. The van der Waals surface area contributed by atoms with Gasteiger partial charge in [0.05, 0.1) is 24.4 Å². The molecular formula is C23H29N3O3S. The summed E-state index contributed by atoms with van der Waals surface area (Å²) in [6, 6.07) is 9.47. The third kappa shape index (κ3) is 4.74. The molecule has 3 aromatic rings. The molecule has 0 saturated heterocycles. The van der Waals surface area contributed by atoms with Crippen molar-refractivity contribution in [1.82, 2.24) is 9.88 Å². The predicted octanol–water partition coefficient (Wildman–Crippen LogP) is 4.53. The van der Waals surface area contributed by atoms with Crippen LogP contribution in [0, 0.1) is 13.8 Å². The first-order valence-electron chi connectivity index (χ1n) is 9.90. The number of nitrogens with zero attached hydrogens (tertiary/aromatic N) is 3. The first kappa shape index (κ1) is 22.1. The minimum atomic E-state index is -0.0943. The van der Waals surface area contributed by atoms with E-state index in [9.17, 15) is 4.79 Å². The van der Waals surface area contributed by atoms with Crippen molar-refractivity contribution in [3.05, 3.63) is 47.0 Å². The van der Waals surface area contributed by atoms with Crippen LogP contribution in [0.5, 0.6) is 11.5 Å². The Kier molecular flexibility index (Phi) is 6.95. The molecule has 0 N–H and O–H groups in total. The zero-order valence-electron chi connectivity index (χ0n) is 18.5. The van der Waals surface area contributed by atoms with E-state index < -0.39 is 0 Å². The summed E-state index contributed by atoms with van der Waals surface area (Å²) >= 11 is 1.56. The van der Waals surface area contributed by atoms with Crippen LogP contribution < -0.4 is 14.4 Å². The van der Waals surface area contributed by atoms with Crippen molar-refractivity contribution in [2.75, 3.05) is 46.3 Å². The molecule has 0 atom stereocenters. The minimum Gasteiger partial charge on any atom is -0.493 e. The molecule has 0 radical (unpaired) electrons. The zero-order chi connectivity index (χ0) is 21.8. The lowest BCUT2D eigenvalue weighted by Gasteiger charge is -2.21. The Hall–Kier alpha value is -2.64. The standard InChI is InChI=1S/C23H29N3O3S/c1-15-12-16(2)21-18(13-15)24-23(30-21)26(11-7-10-25(3)4)22(27)17-8-9-19(28-5)20(14-17)29-6/h8-9,12-14H,7,10-11H2,1-6H3. The lowest BCUT2D eigenvalue weighted by Crippen LogP contribution is -2.33. The summed E-state index contributed by atoms with van der Waals surface area (Å²) < 4.78 is 11.8. The van der Waals surface area contributed by atoms with E-state index in [1.54, 1.807) is 48.7 Å². The molecule has 3 rings (SSSR count). The number of benzene rings is 2. The van der Waals surface area contributed by atoms with E-state index >= 15 is 0 Å². The Morgan fingerprint density at radius 1 is 1.03 bits per heavy atom. The van der Waals surface area contributed by atoms with Crippen LogP contribution >= 0.6 is 11.3 Å². The van der Waals surface area contributed by atoms with Gasteiger partial charge in [0.15, 0.2) is 16.6 Å². The number of thiazole rings is 1. The highest BCUT2D eigenvalue weighted by molar-refractivity contribution is 7.22. The second-order valence-corrected chi connectivity index (χ2v) is 8.59. The van der Waals surface area contributed by atoms with Gasteiger partial charge in [0.1, 0.15) is 0 Å². The van der Waals surface area contributed by atoms with Gasteiger partial charge >= 0.3 is 0 Å². The van der Waals surface area contributed by atoms with Crippen molar-refractivity contribution in [1.29, 1.82) is 0 Å². The molecule has 0 saturated carbocycles. The monoisotopic (exact) mass is 427 g/mol. The van der Waals surface area contributed by atoms with Gasteiger partial charge in [-0.2, -0.15) is 0 Å². The molecular weight excluding hydrogens is 398 g/mol. The zero-order valence-corrected chi connectivity index (χ0v) is 19.3. The number of methoxy groups -OCH3 is 2. The molecule has 0 unspecified atom stereocenters. The molecule has 1 aromatic heterocycles. The van der Waals surface area contributed by atoms with E-state index in [2.05, 4.69) is 30.9 Å². The van der Waals surface area contributed by atoms with Gasteiger partial charge in [0.2, 0.25) is 0 Å². The lowest BCUT2D eigenvalue weighted by molar-refractivity contribution is 0.0985. The van der Waals surface area contributed by atoms with Crippen molar-refractivity contribution >= 4 is 32.6 Å². The summed E-state index contributed by atoms with van der Waals surface area (Å²) in [4.78, 5) is 22.2.